The van der Waals surface area contributed by atoms with Crippen LogP contribution < -0.4 is 5.32 Å². The molecular formula is C21H21NOS. The minimum atomic E-state index is 0.213. The van der Waals surface area contributed by atoms with Crippen molar-refractivity contribution < 1.29 is 5.11 Å². The molecule has 1 atom stereocenters. The highest BCUT2D eigenvalue weighted by Crippen LogP contribution is 2.30. The first-order valence-corrected chi connectivity index (χ1v) is 9.34. The molecule has 0 bridgehead atoms. The Morgan fingerprint density at radius 1 is 1.00 bits per heavy atom. The van der Waals surface area contributed by atoms with E-state index in [0.717, 1.165) is 6.54 Å². The number of rotatable bonds is 5. The maximum absolute atomic E-state index is 9.43. The van der Waals surface area contributed by atoms with Crippen LogP contribution in [0.5, 0.6) is 5.75 Å². The SMILES string of the molecule is Oc1ccc(CNC(c2ccc3c(c2)CCC3)c2cccs2)cc1. The standard InChI is InChI=1S/C21H21NOS/c23-19-10-6-15(7-11-19)14-22-21(20-5-2-12-24-20)18-9-8-16-3-1-4-17(16)13-18/h2,5-13,21-23H,1,3-4,14H2. The van der Waals surface area contributed by atoms with Crippen molar-refractivity contribution in [2.75, 3.05) is 0 Å². The summed E-state index contributed by atoms with van der Waals surface area (Å²) < 4.78 is 0. The molecule has 1 aliphatic carbocycles. The average Bonchev–Trinajstić information content (AvgIpc) is 3.28. The number of hydrogen-bond donors (Lipinski definition) is 2. The first-order valence-electron chi connectivity index (χ1n) is 8.46. The van der Waals surface area contributed by atoms with Crippen LogP contribution in [0.1, 0.15) is 39.6 Å². The summed E-state index contributed by atoms with van der Waals surface area (Å²) >= 11 is 1.79. The predicted molar refractivity (Wildman–Crippen MR) is 99.6 cm³/mol. The number of benzene rings is 2. The van der Waals surface area contributed by atoms with Crippen LogP contribution in [-0.2, 0) is 19.4 Å². The molecule has 122 valence electrons. The minimum absolute atomic E-state index is 0.213. The summed E-state index contributed by atoms with van der Waals surface area (Å²) in [7, 11) is 0. The molecule has 0 fully saturated rings. The molecule has 1 aromatic heterocycles. The van der Waals surface area contributed by atoms with Gasteiger partial charge in [-0.2, -0.15) is 0 Å². The Hall–Kier alpha value is -2.10. The number of phenolic OH excluding ortho intramolecular Hbond substituents is 1. The van der Waals surface area contributed by atoms with Gasteiger partial charge in [-0.15, -0.1) is 11.3 Å². The second kappa shape index (κ2) is 6.80. The lowest BCUT2D eigenvalue weighted by molar-refractivity contribution is 0.475. The Labute approximate surface area is 146 Å². The van der Waals surface area contributed by atoms with Crippen LogP contribution in [0.25, 0.3) is 0 Å². The third kappa shape index (κ3) is 3.23. The molecule has 4 rings (SSSR count). The van der Waals surface area contributed by atoms with Gasteiger partial charge < -0.3 is 10.4 Å². The van der Waals surface area contributed by atoms with Gasteiger partial charge in [-0.3, -0.25) is 0 Å². The molecule has 0 aliphatic heterocycles. The van der Waals surface area contributed by atoms with Gasteiger partial charge in [0.05, 0.1) is 6.04 Å². The van der Waals surface area contributed by atoms with E-state index in [1.807, 2.05) is 12.1 Å². The van der Waals surface area contributed by atoms with Gasteiger partial charge in [0.15, 0.2) is 0 Å². The molecule has 3 heteroatoms. The summed E-state index contributed by atoms with van der Waals surface area (Å²) in [5.41, 5.74) is 5.55. The zero-order chi connectivity index (χ0) is 16.4. The zero-order valence-electron chi connectivity index (χ0n) is 13.5. The summed E-state index contributed by atoms with van der Waals surface area (Å²) in [6, 6.07) is 18.9. The van der Waals surface area contributed by atoms with Gasteiger partial charge in [-0.05, 0) is 65.1 Å². The van der Waals surface area contributed by atoms with Crippen molar-refractivity contribution in [3.05, 3.63) is 87.1 Å². The lowest BCUT2D eigenvalue weighted by atomic mass is 9.99. The normalized spacial score (nSPS) is 14.5. The second-order valence-corrected chi connectivity index (χ2v) is 7.36. The quantitative estimate of drug-likeness (QED) is 0.700. The Morgan fingerprint density at radius 3 is 2.62 bits per heavy atom. The van der Waals surface area contributed by atoms with E-state index in [1.54, 1.807) is 23.5 Å². The van der Waals surface area contributed by atoms with E-state index in [4.69, 9.17) is 0 Å². The highest BCUT2D eigenvalue weighted by molar-refractivity contribution is 7.10. The number of phenols is 1. The Kier molecular flexibility index (Phi) is 4.37. The van der Waals surface area contributed by atoms with E-state index in [1.165, 1.54) is 46.4 Å². The minimum Gasteiger partial charge on any atom is -0.508 e. The lowest BCUT2D eigenvalue weighted by Gasteiger charge is -2.19. The van der Waals surface area contributed by atoms with E-state index in [0.29, 0.717) is 5.75 Å². The van der Waals surface area contributed by atoms with Crippen LogP contribution >= 0.6 is 11.3 Å². The fourth-order valence-corrected chi connectivity index (χ4v) is 4.27. The van der Waals surface area contributed by atoms with Crippen LogP contribution in [0.3, 0.4) is 0 Å². The topological polar surface area (TPSA) is 32.3 Å². The zero-order valence-corrected chi connectivity index (χ0v) is 14.4. The highest BCUT2D eigenvalue weighted by Gasteiger charge is 2.18. The van der Waals surface area contributed by atoms with Gasteiger partial charge in [-0.25, -0.2) is 0 Å². The number of aryl methyl sites for hydroxylation is 2. The molecule has 0 radical (unpaired) electrons. The van der Waals surface area contributed by atoms with E-state index in [-0.39, 0.29) is 6.04 Å². The van der Waals surface area contributed by atoms with Crippen molar-refractivity contribution in [2.24, 2.45) is 0 Å². The van der Waals surface area contributed by atoms with Gasteiger partial charge in [0.25, 0.3) is 0 Å². The monoisotopic (exact) mass is 335 g/mol. The number of nitrogens with one attached hydrogen (secondary N) is 1. The second-order valence-electron chi connectivity index (χ2n) is 6.38. The summed E-state index contributed by atoms with van der Waals surface area (Å²) in [5, 5.41) is 15.3. The first kappa shape index (κ1) is 15.4. The van der Waals surface area contributed by atoms with Crippen molar-refractivity contribution in [2.45, 2.75) is 31.8 Å². The number of hydrogen-bond acceptors (Lipinski definition) is 3. The third-order valence-corrected chi connectivity index (χ3v) is 5.67. The van der Waals surface area contributed by atoms with Crippen LogP contribution in [0.2, 0.25) is 0 Å². The maximum Gasteiger partial charge on any atom is 0.115 e. The fraction of sp³-hybridized carbons (Fsp3) is 0.238. The van der Waals surface area contributed by atoms with Crippen molar-refractivity contribution >= 4 is 11.3 Å². The molecule has 3 aromatic rings. The van der Waals surface area contributed by atoms with E-state index in [9.17, 15) is 5.11 Å². The van der Waals surface area contributed by atoms with Crippen molar-refractivity contribution in [1.82, 2.24) is 5.32 Å². The van der Waals surface area contributed by atoms with Crippen molar-refractivity contribution in [3.63, 3.8) is 0 Å². The van der Waals surface area contributed by atoms with Gasteiger partial charge in [0, 0.05) is 11.4 Å². The largest absolute Gasteiger partial charge is 0.508 e. The molecule has 0 amide bonds. The maximum atomic E-state index is 9.43. The van der Waals surface area contributed by atoms with E-state index >= 15 is 0 Å². The lowest BCUT2D eigenvalue weighted by Crippen LogP contribution is -2.21. The smallest absolute Gasteiger partial charge is 0.115 e. The van der Waals surface area contributed by atoms with Gasteiger partial charge in [-0.1, -0.05) is 36.4 Å². The van der Waals surface area contributed by atoms with Crippen LogP contribution in [0, 0.1) is 0 Å². The molecular weight excluding hydrogens is 314 g/mol. The summed E-state index contributed by atoms with van der Waals surface area (Å²) in [4.78, 5) is 1.34. The van der Waals surface area contributed by atoms with Crippen LogP contribution in [0.4, 0.5) is 0 Å². The fourth-order valence-electron chi connectivity index (χ4n) is 3.44. The first-order chi connectivity index (χ1) is 11.8. The molecule has 2 aromatic carbocycles. The molecule has 0 saturated carbocycles. The Morgan fingerprint density at radius 2 is 1.83 bits per heavy atom. The van der Waals surface area contributed by atoms with Crippen LogP contribution in [0.15, 0.2) is 60.0 Å². The van der Waals surface area contributed by atoms with Crippen molar-refractivity contribution in [3.8, 4) is 5.75 Å². The number of fused-ring (bicyclic) bond motifs is 1. The highest BCUT2D eigenvalue weighted by atomic mass is 32.1. The van der Waals surface area contributed by atoms with Crippen molar-refractivity contribution in [1.29, 1.82) is 0 Å². The molecule has 0 spiro atoms. The molecule has 0 saturated heterocycles. The van der Waals surface area contributed by atoms with Crippen LogP contribution in [-0.4, -0.2) is 5.11 Å². The molecule has 1 heterocycles. The number of aromatic hydroxyl groups is 1. The molecule has 24 heavy (non-hydrogen) atoms. The summed E-state index contributed by atoms with van der Waals surface area (Å²) in [6.07, 6.45) is 3.71. The molecule has 2 nitrogen and oxygen atoms in total. The third-order valence-electron chi connectivity index (χ3n) is 4.73. The van der Waals surface area contributed by atoms with Gasteiger partial charge >= 0.3 is 0 Å². The molecule has 1 aliphatic rings. The predicted octanol–water partition coefficient (Wildman–Crippen LogP) is 4.82. The number of thiophene rings is 1. The Bertz CT molecular complexity index is 808. The van der Waals surface area contributed by atoms with Gasteiger partial charge in [0.2, 0.25) is 0 Å². The summed E-state index contributed by atoms with van der Waals surface area (Å²) in [5.74, 6) is 0.312. The van der Waals surface area contributed by atoms with E-state index < -0.39 is 0 Å². The average molecular weight is 335 g/mol. The molecule has 2 N–H and O–H groups in total. The van der Waals surface area contributed by atoms with E-state index in [2.05, 4.69) is 41.0 Å². The molecule has 1 unspecified atom stereocenters. The van der Waals surface area contributed by atoms with Gasteiger partial charge in [0.1, 0.15) is 5.75 Å². The summed E-state index contributed by atoms with van der Waals surface area (Å²) in [6.45, 7) is 0.778. The Balaban J connectivity index is 1.59.